The number of carbonyl (C=O) groups is 1. The van der Waals surface area contributed by atoms with Gasteiger partial charge in [0.25, 0.3) is 0 Å². The number of ether oxygens (including phenoxy) is 4. The highest BCUT2D eigenvalue weighted by molar-refractivity contribution is 5.76. The van der Waals surface area contributed by atoms with Gasteiger partial charge in [0, 0.05) is 6.42 Å². The van der Waals surface area contributed by atoms with Crippen molar-refractivity contribution in [2.45, 2.75) is 357 Å². The Labute approximate surface area is 511 Å². The third-order valence-corrected chi connectivity index (χ3v) is 16.7. The van der Waals surface area contributed by atoms with Crippen molar-refractivity contribution in [3.05, 3.63) is 60.8 Å². The number of amides is 1. The molecule has 0 spiro atoms. The van der Waals surface area contributed by atoms with Crippen LogP contribution in [0, 0.1) is 0 Å². The van der Waals surface area contributed by atoms with Crippen LogP contribution in [0.5, 0.6) is 0 Å². The molecule has 2 saturated heterocycles. The van der Waals surface area contributed by atoms with E-state index < -0.39 is 86.8 Å². The zero-order valence-corrected chi connectivity index (χ0v) is 53.1. The van der Waals surface area contributed by atoms with Crippen molar-refractivity contribution in [2.24, 2.45) is 0 Å². The topological polar surface area (TPSA) is 228 Å². The van der Waals surface area contributed by atoms with Gasteiger partial charge < -0.3 is 65.1 Å². The van der Waals surface area contributed by atoms with Gasteiger partial charge >= 0.3 is 0 Å². The van der Waals surface area contributed by atoms with Crippen molar-refractivity contribution in [3.8, 4) is 0 Å². The van der Waals surface area contributed by atoms with Crippen LogP contribution in [-0.2, 0) is 23.7 Å². The van der Waals surface area contributed by atoms with E-state index in [-0.39, 0.29) is 18.9 Å². The van der Waals surface area contributed by atoms with Crippen LogP contribution in [0.25, 0.3) is 0 Å². The van der Waals surface area contributed by atoms with Crippen LogP contribution in [0.4, 0.5) is 0 Å². The van der Waals surface area contributed by atoms with E-state index in [1.807, 2.05) is 6.08 Å². The molecule has 2 fully saturated rings. The fraction of sp³-hybridized carbons (Fsp3) is 0.843. The first-order valence-electron chi connectivity index (χ1n) is 34.5. The molecule has 84 heavy (non-hydrogen) atoms. The number of unbranched alkanes of at least 4 members (excludes halogenated alkanes) is 35. The molecule has 14 heteroatoms. The second kappa shape index (κ2) is 54.8. The molecule has 0 radical (unpaired) electrons. The summed E-state index contributed by atoms with van der Waals surface area (Å²) < 4.78 is 22.8. The largest absolute Gasteiger partial charge is 0.394 e. The fourth-order valence-corrected chi connectivity index (χ4v) is 11.1. The lowest BCUT2D eigenvalue weighted by Gasteiger charge is -2.46. The van der Waals surface area contributed by atoms with Crippen molar-refractivity contribution in [3.63, 3.8) is 0 Å². The Morgan fingerprint density at radius 2 is 0.798 bits per heavy atom. The summed E-state index contributed by atoms with van der Waals surface area (Å²) in [6.45, 7) is 2.78. The summed E-state index contributed by atoms with van der Waals surface area (Å²) in [6, 6.07) is -0.939. The standard InChI is InChI=1S/C70H127NO13/c1-3-5-7-9-11-13-15-17-19-21-22-23-24-25-26-27-28-29-30-31-32-33-34-35-36-38-40-42-44-46-48-50-52-54-62(75)71-58(59(74)53-51-49-47-45-43-41-39-37-20-18-16-14-12-10-8-6-4-2)57-81-69-67(80)65(78)68(61(56-73)83-69)84-70-66(79)64(77)63(76)60(55-72)82-70/h15,17,20-22,37,43,45,51,53,58-61,63-70,72-74,76-80H,3-14,16,18-19,23-36,38-42,44,46-50,52,54-57H2,1-2H3,(H,71,75)/b17-15-,22-21-,37-20+,45-43+,53-51+. The number of aliphatic hydroxyl groups excluding tert-OH is 8. The van der Waals surface area contributed by atoms with Crippen LogP contribution < -0.4 is 5.32 Å². The number of nitrogens with one attached hydrogen (secondary N) is 1. The van der Waals surface area contributed by atoms with Gasteiger partial charge in [-0.05, 0) is 77.0 Å². The van der Waals surface area contributed by atoms with Gasteiger partial charge in [0.1, 0.15) is 48.8 Å². The number of carbonyl (C=O) groups excluding carboxylic acids is 1. The molecule has 0 aliphatic carbocycles. The first-order valence-corrected chi connectivity index (χ1v) is 34.5. The molecule has 0 aromatic heterocycles. The maximum atomic E-state index is 13.3. The summed E-state index contributed by atoms with van der Waals surface area (Å²) >= 11 is 0. The summed E-state index contributed by atoms with van der Waals surface area (Å²) in [5.41, 5.74) is 0. The minimum Gasteiger partial charge on any atom is -0.394 e. The molecule has 2 aliphatic heterocycles. The monoisotopic (exact) mass is 1190 g/mol. The lowest BCUT2D eigenvalue weighted by atomic mass is 9.97. The Morgan fingerprint density at radius 1 is 0.429 bits per heavy atom. The highest BCUT2D eigenvalue weighted by atomic mass is 16.7. The van der Waals surface area contributed by atoms with E-state index in [0.29, 0.717) is 12.8 Å². The van der Waals surface area contributed by atoms with Crippen LogP contribution in [0.2, 0.25) is 0 Å². The average Bonchev–Trinajstić information content (AvgIpc) is 3.17. The van der Waals surface area contributed by atoms with Crippen molar-refractivity contribution in [1.82, 2.24) is 5.32 Å². The van der Waals surface area contributed by atoms with E-state index in [1.165, 1.54) is 199 Å². The normalized spacial score (nSPS) is 24.0. The van der Waals surface area contributed by atoms with Gasteiger partial charge in [-0.1, -0.05) is 261 Å². The summed E-state index contributed by atoms with van der Waals surface area (Å²) in [4.78, 5) is 13.3. The van der Waals surface area contributed by atoms with E-state index in [1.54, 1.807) is 6.08 Å². The van der Waals surface area contributed by atoms with Gasteiger partial charge in [0.2, 0.25) is 5.91 Å². The van der Waals surface area contributed by atoms with Crippen molar-refractivity contribution in [2.75, 3.05) is 19.8 Å². The average molecular weight is 1190 g/mol. The molecular formula is C70H127NO13. The molecular weight excluding hydrogens is 1060 g/mol. The highest BCUT2D eigenvalue weighted by Crippen LogP contribution is 2.30. The smallest absolute Gasteiger partial charge is 0.220 e. The molecule has 0 saturated carbocycles. The molecule has 0 aromatic carbocycles. The Hall–Kier alpha value is -2.31. The van der Waals surface area contributed by atoms with E-state index in [4.69, 9.17) is 18.9 Å². The van der Waals surface area contributed by atoms with Crippen molar-refractivity contribution >= 4 is 5.91 Å². The second-order valence-electron chi connectivity index (χ2n) is 24.3. The third-order valence-electron chi connectivity index (χ3n) is 16.7. The lowest BCUT2D eigenvalue weighted by Crippen LogP contribution is -2.65. The zero-order valence-electron chi connectivity index (χ0n) is 53.1. The van der Waals surface area contributed by atoms with E-state index in [9.17, 15) is 45.6 Å². The fourth-order valence-electron chi connectivity index (χ4n) is 11.1. The van der Waals surface area contributed by atoms with Crippen LogP contribution in [0.3, 0.4) is 0 Å². The number of hydrogen-bond donors (Lipinski definition) is 9. The highest BCUT2D eigenvalue weighted by Gasteiger charge is 2.51. The van der Waals surface area contributed by atoms with Crippen LogP contribution in [-0.4, -0.2) is 140 Å². The summed E-state index contributed by atoms with van der Waals surface area (Å²) in [7, 11) is 0. The second-order valence-corrected chi connectivity index (χ2v) is 24.3. The zero-order chi connectivity index (χ0) is 60.9. The van der Waals surface area contributed by atoms with Crippen molar-refractivity contribution in [1.29, 1.82) is 0 Å². The Balaban J connectivity index is 1.65. The van der Waals surface area contributed by atoms with Gasteiger partial charge in [-0.2, -0.15) is 0 Å². The predicted molar refractivity (Wildman–Crippen MR) is 341 cm³/mol. The molecule has 2 rings (SSSR count). The van der Waals surface area contributed by atoms with E-state index in [2.05, 4.69) is 67.8 Å². The number of aliphatic hydroxyl groups is 8. The Bertz CT molecular complexity index is 1640. The molecule has 14 nitrogen and oxygen atoms in total. The summed E-state index contributed by atoms with van der Waals surface area (Å²) in [6.07, 6.45) is 55.7. The van der Waals surface area contributed by atoms with Gasteiger partial charge in [-0.15, -0.1) is 0 Å². The van der Waals surface area contributed by atoms with Gasteiger partial charge in [0.15, 0.2) is 12.6 Å². The number of allylic oxidation sites excluding steroid dienone is 9. The molecule has 0 bridgehead atoms. The number of rotatable bonds is 56. The number of hydrogen-bond acceptors (Lipinski definition) is 13. The van der Waals surface area contributed by atoms with Gasteiger partial charge in [-0.25, -0.2) is 0 Å². The molecule has 9 N–H and O–H groups in total. The molecule has 0 aromatic rings. The molecule has 12 atom stereocenters. The maximum Gasteiger partial charge on any atom is 0.220 e. The van der Waals surface area contributed by atoms with E-state index >= 15 is 0 Å². The molecule has 490 valence electrons. The van der Waals surface area contributed by atoms with Gasteiger partial charge in [0.05, 0.1) is 32.0 Å². The lowest BCUT2D eigenvalue weighted by molar-refractivity contribution is -0.359. The van der Waals surface area contributed by atoms with E-state index in [0.717, 1.165) is 51.4 Å². The van der Waals surface area contributed by atoms with Crippen LogP contribution in [0.15, 0.2) is 60.8 Å². The summed E-state index contributed by atoms with van der Waals surface area (Å²) in [5.74, 6) is -0.250. The molecule has 12 unspecified atom stereocenters. The van der Waals surface area contributed by atoms with Crippen LogP contribution in [0.1, 0.15) is 284 Å². The Morgan fingerprint density at radius 3 is 1.24 bits per heavy atom. The molecule has 2 aliphatic rings. The first-order chi connectivity index (χ1) is 41.1. The van der Waals surface area contributed by atoms with Gasteiger partial charge in [-0.3, -0.25) is 4.79 Å². The van der Waals surface area contributed by atoms with Crippen LogP contribution >= 0.6 is 0 Å². The maximum absolute atomic E-state index is 13.3. The predicted octanol–water partition coefficient (Wildman–Crippen LogP) is 13.7. The summed E-state index contributed by atoms with van der Waals surface area (Å²) in [5, 5.41) is 87.3. The Kier molecular flexibility index (Phi) is 50.8. The minimum absolute atomic E-state index is 0.250. The first kappa shape index (κ1) is 77.8. The SMILES string of the molecule is CCCCCCC/C=C\C/C=C\CCCCCCCCCCCCCCCCCCCCCCCC(=O)NC(COC1OC(CO)C(OC2OC(CO)C(O)C(O)C2O)C(O)C1O)C(O)/C=C/CC/C=C/CC/C=C/CCCCCCCCC. The third kappa shape index (κ3) is 38.9. The minimum atomic E-state index is -1.79. The molecule has 2 heterocycles. The quantitative estimate of drug-likeness (QED) is 0.0204. The molecule has 1 amide bonds. The van der Waals surface area contributed by atoms with Crippen molar-refractivity contribution < 1.29 is 64.6 Å².